The Kier molecular flexibility index (Phi) is 5.60. The maximum atomic E-state index is 5.13. The minimum absolute atomic E-state index is 0.963. The first-order valence-electron chi connectivity index (χ1n) is 15.2. The van der Waals surface area contributed by atoms with Gasteiger partial charge in [0, 0.05) is 10.8 Å². The van der Waals surface area contributed by atoms with Crippen molar-refractivity contribution in [2.75, 3.05) is 0 Å². The molecule has 2 heterocycles. The van der Waals surface area contributed by atoms with Crippen LogP contribution in [-0.2, 0) is 6.42 Å². The topological polar surface area (TPSA) is 17.3 Å². The summed E-state index contributed by atoms with van der Waals surface area (Å²) in [6.45, 7) is 0. The van der Waals surface area contributed by atoms with Crippen LogP contribution < -0.4 is 0 Å². The normalized spacial score (nSPS) is 12.7. The number of hydrogen-bond donors (Lipinski definition) is 0. The van der Waals surface area contributed by atoms with Crippen molar-refractivity contribution >= 4 is 44.4 Å². The molecule has 206 valence electrons. The summed E-state index contributed by atoms with van der Waals surface area (Å²) >= 11 is 0. The molecule has 0 amide bonds. The highest BCUT2D eigenvalue weighted by Gasteiger charge is 2.15. The van der Waals surface area contributed by atoms with Crippen molar-refractivity contribution in [3.05, 3.63) is 163 Å². The minimum atomic E-state index is 0.963. The van der Waals surface area contributed by atoms with Gasteiger partial charge in [0.1, 0.15) is 5.65 Å². The van der Waals surface area contributed by atoms with Gasteiger partial charge in [0.25, 0.3) is 0 Å². The first-order chi connectivity index (χ1) is 21.8. The van der Waals surface area contributed by atoms with Crippen LogP contribution in [0.4, 0.5) is 0 Å². The molecule has 2 aromatic heterocycles. The van der Waals surface area contributed by atoms with Crippen molar-refractivity contribution in [3.63, 3.8) is 0 Å². The van der Waals surface area contributed by atoms with Gasteiger partial charge in [-0.2, -0.15) is 0 Å². The summed E-state index contributed by atoms with van der Waals surface area (Å²) in [4.78, 5) is 5.13. The van der Waals surface area contributed by atoms with Gasteiger partial charge >= 0.3 is 0 Å². The van der Waals surface area contributed by atoms with E-state index in [9.17, 15) is 0 Å². The Morgan fingerprint density at radius 3 is 1.98 bits per heavy atom. The Morgan fingerprint density at radius 1 is 0.477 bits per heavy atom. The molecule has 0 radical (unpaired) electrons. The summed E-state index contributed by atoms with van der Waals surface area (Å²) in [6.07, 6.45) is 9.63. The summed E-state index contributed by atoms with van der Waals surface area (Å²) in [5.74, 6) is 0. The second-order valence-electron chi connectivity index (χ2n) is 11.6. The Hall–Kier alpha value is -5.73. The van der Waals surface area contributed by atoms with E-state index in [-0.39, 0.29) is 0 Å². The van der Waals surface area contributed by atoms with Crippen LogP contribution in [0.25, 0.3) is 77.8 Å². The van der Waals surface area contributed by atoms with E-state index in [4.69, 9.17) is 4.98 Å². The number of rotatable bonds is 3. The number of hydrogen-bond acceptors (Lipinski definition) is 1. The second kappa shape index (κ2) is 9.93. The molecule has 0 bridgehead atoms. The van der Waals surface area contributed by atoms with E-state index in [2.05, 4.69) is 162 Å². The molecule has 8 aromatic rings. The molecular weight excluding hydrogens is 532 g/mol. The molecule has 6 aromatic carbocycles. The zero-order valence-electron chi connectivity index (χ0n) is 24.1. The van der Waals surface area contributed by atoms with E-state index in [1.807, 2.05) is 0 Å². The first kappa shape index (κ1) is 24.8. The van der Waals surface area contributed by atoms with Gasteiger partial charge in [-0.3, -0.25) is 4.40 Å². The van der Waals surface area contributed by atoms with Crippen LogP contribution in [0.5, 0.6) is 0 Å². The summed E-state index contributed by atoms with van der Waals surface area (Å²) < 4.78 is 2.34. The van der Waals surface area contributed by atoms with Gasteiger partial charge in [0.05, 0.1) is 16.6 Å². The quantitative estimate of drug-likeness (QED) is 0.196. The highest BCUT2D eigenvalue weighted by atomic mass is 15.0. The smallest absolute Gasteiger partial charge is 0.146 e. The molecule has 0 fully saturated rings. The zero-order valence-corrected chi connectivity index (χ0v) is 24.1. The third kappa shape index (κ3) is 4.00. The number of allylic oxidation sites excluding steroid dienone is 3. The van der Waals surface area contributed by atoms with Crippen LogP contribution in [0.15, 0.2) is 152 Å². The third-order valence-electron chi connectivity index (χ3n) is 9.01. The highest BCUT2D eigenvalue weighted by molar-refractivity contribution is 6.15. The average Bonchev–Trinajstić information content (AvgIpc) is 3.33. The molecule has 0 unspecified atom stereocenters. The SMILES string of the molecule is C1=CCc2cc(-c3ccc(-c4ccc5c6cc(-c7ccccc7)ccc6c6nc7ccccc7n6c5c4)cc3)ccc2C=C1. The zero-order chi connectivity index (χ0) is 29.0. The molecule has 0 spiro atoms. The molecule has 0 N–H and O–H groups in total. The van der Waals surface area contributed by atoms with Gasteiger partial charge in [-0.05, 0) is 86.6 Å². The van der Waals surface area contributed by atoms with Crippen LogP contribution in [0, 0.1) is 0 Å². The molecule has 2 heteroatoms. The predicted octanol–water partition coefficient (Wildman–Crippen LogP) is 10.9. The van der Waals surface area contributed by atoms with Gasteiger partial charge < -0.3 is 0 Å². The Morgan fingerprint density at radius 2 is 1.14 bits per heavy atom. The van der Waals surface area contributed by atoms with Crippen molar-refractivity contribution in [3.8, 4) is 33.4 Å². The van der Waals surface area contributed by atoms with Gasteiger partial charge in [0.15, 0.2) is 0 Å². The lowest BCUT2D eigenvalue weighted by molar-refractivity contribution is 1.27. The highest BCUT2D eigenvalue weighted by Crippen LogP contribution is 2.37. The van der Waals surface area contributed by atoms with Crippen molar-refractivity contribution in [1.29, 1.82) is 0 Å². The van der Waals surface area contributed by atoms with Gasteiger partial charge in [-0.1, -0.05) is 127 Å². The fourth-order valence-electron chi connectivity index (χ4n) is 6.76. The van der Waals surface area contributed by atoms with E-state index in [0.29, 0.717) is 0 Å². The molecule has 0 saturated carbocycles. The Labute approximate surface area is 255 Å². The minimum Gasteiger partial charge on any atom is -0.292 e. The van der Waals surface area contributed by atoms with Gasteiger partial charge in [-0.15, -0.1) is 0 Å². The van der Waals surface area contributed by atoms with Gasteiger partial charge in [-0.25, -0.2) is 4.98 Å². The monoisotopic (exact) mass is 560 g/mol. The summed E-state index contributed by atoms with van der Waals surface area (Å²) in [5.41, 5.74) is 14.3. The van der Waals surface area contributed by atoms with Gasteiger partial charge in [0.2, 0.25) is 0 Å². The molecule has 1 aliphatic carbocycles. The third-order valence-corrected chi connectivity index (χ3v) is 9.01. The number of benzene rings is 6. The van der Waals surface area contributed by atoms with Crippen LogP contribution in [0.1, 0.15) is 11.1 Å². The number of para-hydroxylation sites is 2. The summed E-state index contributed by atoms with van der Waals surface area (Å²) in [5, 5.41) is 3.61. The molecule has 0 saturated heterocycles. The first-order valence-corrected chi connectivity index (χ1v) is 15.2. The summed E-state index contributed by atoms with van der Waals surface area (Å²) in [6, 6.07) is 48.5. The van der Waals surface area contributed by atoms with E-state index < -0.39 is 0 Å². The molecular formula is C42H28N2. The van der Waals surface area contributed by atoms with Crippen molar-refractivity contribution in [2.45, 2.75) is 6.42 Å². The number of pyridine rings is 1. The van der Waals surface area contributed by atoms with E-state index in [1.54, 1.807) is 0 Å². The average molecular weight is 561 g/mol. The molecule has 0 atom stereocenters. The van der Waals surface area contributed by atoms with Crippen LogP contribution in [0.3, 0.4) is 0 Å². The van der Waals surface area contributed by atoms with E-state index >= 15 is 0 Å². The number of fused-ring (bicyclic) bond motifs is 9. The van der Waals surface area contributed by atoms with Crippen molar-refractivity contribution < 1.29 is 0 Å². The largest absolute Gasteiger partial charge is 0.292 e. The molecule has 9 rings (SSSR count). The lowest BCUT2D eigenvalue weighted by Gasteiger charge is -2.13. The number of nitrogens with zero attached hydrogens (tertiary/aromatic N) is 2. The van der Waals surface area contributed by atoms with Crippen LogP contribution in [-0.4, -0.2) is 9.38 Å². The molecule has 1 aliphatic rings. The fourth-order valence-corrected chi connectivity index (χ4v) is 6.76. The number of imidazole rings is 1. The van der Waals surface area contributed by atoms with Crippen LogP contribution in [0.2, 0.25) is 0 Å². The molecule has 44 heavy (non-hydrogen) atoms. The fraction of sp³-hybridized carbons (Fsp3) is 0.0238. The van der Waals surface area contributed by atoms with Crippen molar-refractivity contribution in [2.24, 2.45) is 0 Å². The lowest BCUT2D eigenvalue weighted by Crippen LogP contribution is -1.93. The Balaban J connectivity index is 1.21. The maximum absolute atomic E-state index is 5.13. The second-order valence-corrected chi connectivity index (χ2v) is 11.6. The van der Waals surface area contributed by atoms with E-state index in [0.717, 1.165) is 28.5 Å². The summed E-state index contributed by atoms with van der Waals surface area (Å²) in [7, 11) is 0. The predicted molar refractivity (Wildman–Crippen MR) is 186 cm³/mol. The van der Waals surface area contributed by atoms with E-state index in [1.165, 1.54) is 60.8 Å². The van der Waals surface area contributed by atoms with Crippen molar-refractivity contribution in [1.82, 2.24) is 9.38 Å². The Bertz CT molecular complexity index is 2440. The standard InChI is InChI=1S/C42H28N2/c1-3-9-28(10-4-1)34-22-24-37-38(26-34)36-23-21-35(27-41(36)44-40-14-8-7-13-39(40)43-42(37)44)31-17-15-30(16-18-31)33-20-19-29-11-5-2-6-12-32(29)25-33/h1-11,13-27H,12H2. The molecule has 0 aliphatic heterocycles. The lowest BCUT2D eigenvalue weighted by atomic mass is 9.95. The molecule has 2 nitrogen and oxygen atoms in total. The van der Waals surface area contributed by atoms with Crippen LogP contribution >= 0.6 is 0 Å². The maximum Gasteiger partial charge on any atom is 0.146 e. The number of aromatic nitrogens is 2.